The largest absolute Gasteiger partial charge is 0.507 e. The normalized spacial score (nSPS) is 16.7. The molecule has 4 rings (SSSR count). The molecule has 0 saturated carbocycles. The summed E-state index contributed by atoms with van der Waals surface area (Å²) in [7, 11) is 0. The Kier molecular flexibility index (Phi) is 8.51. The second kappa shape index (κ2) is 12.0. The van der Waals surface area contributed by atoms with Gasteiger partial charge >= 0.3 is 0 Å². The van der Waals surface area contributed by atoms with Crippen LogP contribution in [0.1, 0.15) is 50.3 Å². The summed E-state index contributed by atoms with van der Waals surface area (Å²) in [4.78, 5) is 28.1. The first kappa shape index (κ1) is 26.3. The molecule has 0 radical (unpaired) electrons. The molecule has 3 aromatic rings. The topological polar surface area (TPSA) is 76.1 Å². The fourth-order valence-electron chi connectivity index (χ4n) is 4.36. The van der Waals surface area contributed by atoms with Crippen LogP contribution in [0.25, 0.3) is 5.76 Å². The SMILES string of the molecule is CCCCCOc1ccc(/C(O)=C2\C(=O)C(=O)N(c3cccc(OCC)c3)C2c2ccc(Cl)cc2)cc1. The number of ether oxygens (including phenoxy) is 2. The molecule has 1 N–H and O–H groups in total. The number of carbonyl (C=O) groups is 2. The molecule has 192 valence electrons. The number of rotatable bonds is 10. The van der Waals surface area contributed by atoms with Crippen molar-refractivity contribution < 1.29 is 24.2 Å². The van der Waals surface area contributed by atoms with Crippen molar-refractivity contribution in [2.75, 3.05) is 18.1 Å². The summed E-state index contributed by atoms with van der Waals surface area (Å²) in [5, 5.41) is 11.8. The molecule has 0 aromatic heterocycles. The summed E-state index contributed by atoms with van der Waals surface area (Å²) in [5.41, 5.74) is 1.55. The molecule has 0 aliphatic carbocycles. The number of hydrogen-bond acceptors (Lipinski definition) is 5. The summed E-state index contributed by atoms with van der Waals surface area (Å²) >= 11 is 6.11. The number of ketones is 1. The van der Waals surface area contributed by atoms with E-state index < -0.39 is 17.7 Å². The summed E-state index contributed by atoms with van der Waals surface area (Å²) in [6.07, 6.45) is 3.17. The van der Waals surface area contributed by atoms with E-state index in [0.717, 1.165) is 19.3 Å². The van der Waals surface area contributed by atoms with Crippen LogP contribution >= 0.6 is 11.6 Å². The van der Waals surface area contributed by atoms with Gasteiger partial charge in [-0.2, -0.15) is 0 Å². The van der Waals surface area contributed by atoms with Crippen LogP contribution in [-0.4, -0.2) is 30.0 Å². The van der Waals surface area contributed by atoms with Crippen LogP contribution in [0.4, 0.5) is 5.69 Å². The fourth-order valence-corrected chi connectivity index (χ4v) is 4.48. The van der Waals surface area contributed by atoms with Gasteiger partial charge in [0.25, 0.3) is 11.7 Å². The zero-order valence-corrected chi connectivity index (χ0v) is 21.7. The first-order valence-corrected chi connectivity index (χ1v) is 12.8. The molecule has 3 aromatic carbocycles. The van der Waals surface area contributed by atoms with E-state index in [-0.39, 0.29) is 11.3 Å². The molecule has 1 amide bonds. The van der Waals surface area contributed by atoms with Crippen LogP contribution in [0.5, 0.6) is 11.5 Å². The maximum Gasteiger partial charge on any atom is 0.300 e. The molecule has 1 saturated heterocycles. The molecule has 7 heteroatoms. The summed E-state index contributed by atoms with van der Waals surface area (Å²) in [6.45, 7) is 5.07. The molecular formula is C30H30ClNO5. The van der Waals surface area contributed by atoms with E-state index in [1.807, 2.05) is 6.92 Å². The highest BCUT2D eigenvalue weighted by atomic mass is 35.5. The Morgan fingerprint density at radius 3 is 2.32 bits per heavy atom. The van der Waals surface area contributed by atoms with Gasteiger partial charge < -0.3 is 14.6 Å². The molecule has 0 bridgehead atoms. The van der Waals surface area contributed by atoms with Crippen LogP contribution in [-0.2, 0) is 9.59 Å². The van der Waals surface area contributed by atoms with Crippen molar-refractivity contribution >= 4 is 34.7 Å². The Bertz CT molecular complexity index is 1280. The van der Waals surface area contributed by atoms with E-state index in [1.54, 1.807) is 72.8 Å². The van der Waals surface area contributed by atoms with Gasteiger partial charge in [-0.3, -0.25) is 14.5 Å². The van der Waals surface area contributed by atoms with E-state index in [4.69, 9.17) is 21.1 Å². The van der Waals surface area contributed by atoms with Gasteiger partial charge in [0.1, 0.15) is 17.3 Å². The molecule has 1 unspecified atom stereocenters. The maximum absolute atomic E-state index is 13.3. The molecule has 1 fully saturated rings. The number of amides is 1. The first-order chi connectivity index (χ1) is 17.9. The number of carbonyl (C=O) groups excluding carboxylic acids is 2. The second-order valence-electron chi connectivity index (χ2n) is 8.73. The molecular weight excluding hydrogens is 490 g/mol. The molecule has 1 atom stereocenters. The lowest BCUT2D eigenvalue weighted by atomic mass is 9.95. The van der Waals surface area contributed by atoms with Crippen molar-refractivity contribution in [3.05, 3.63) is 94.5 Å². The quantitative estimate of drug-likeness (QED) is 0.136. The number of halogens is 1. The average molecular weight is 520 g/mol. The van der Waals surface area contributed by atoms with Crippen LogP contribution in [0.3, 0.4) is 0 Å². The average Bonchev–Trinajstić information content (AvgIpc) is 3.17. The Morgan fingerprint density at radius 2 is 1.65 bits per heavy atom. The molecule has 0 spiro atoms. The number of nitrogens with zero attached hydrogens (tertiary/aromatic N) is 1. The minimum atomic E-state index is -0.848. The summed E-state index contributed by atoms with van der Waals surface area (Å²) < 4.78 is 11.4. The number of hydrogen-bond donors (Lipinski definition) is 1. The van der Waals surface area contributed by atoms with Crippen LogP contribution in [0.15, 0.2) is 78.4 Å². The van der Waals surface area contributed by atoms with E-state index in [1.165, 1.54) is 4.90 Å². The van der Waals surface area contributed by atoms with E-state index in [2.05, 4.69) is 6.92 Å². The predicted molar refractivity (Wildman–Crippen MR) is 145 cm³/mol. The standard InChI is InChI=1S/C30H30ClNO5/c1-3-5-6-18-37-24-16-12-21(13-17-24)28(33)26-27(20-10-14-22(31)15-11-20)32(30(35)29(26)34)23-8-7-9-25(19-23)36-4-2/h7-17,19,27,33H,3-6,18H2,1-2H3/b28-26+. The van der Waals surface area contributed by atoms with Crippen molar-refractivity contribution in [2.45, 2.75) is 39.2 Å². The number of anilines is 1. The Hall–Kier alpha value is -3.77. The number of aliphatic hydroxyl groups is 1. The van der Waals surface area contributed by atoms with Crippen LogP contribution in [0.2, 0.25) is 5.02 Å². The van der Waals surface area contributed by atoms with Gasteiger partial charge in [0, 0.05) is 22.3 Å². The lowest BCUT2D eigenvalue weighted by Gasteiger charge is -2.26. The molecule has 1 aliphatic heterocycles. The number of aliphatic hydroxyl groups excluding tert-OH is 1. The van der Waals surface area contributed by atoms with Gasteiger partial charge in [-0.1, -0.05) is 49.6 Å². The Balaban J connectivity index is 1.75. The first-order valence-electron chi connectivity index (χ1n) is 12.5. The highest BCUT2D eigenvalue weighted by Gasteiger charge is 2.47. The monoisotopic (exact) mass is 519 g/mol. The lowest BCUT2D eigenvalue weighted by molar-refractivity contribution is -0.132. The lowest BCUT2D eigenvalue weighted by Crippen LogP contribution is -2.29. The van der Waals surface area contributed by atoms with Crippen molar-refractivity contribution in [3.8, 4) is 11.5 Å². The van der Waals surface area contributed by atoms with Crippen molar-refractivity contribution in [1.29, 1.82) is 0 Å². The van der Waals surface area contributed by atoms with Gasteiger partial charge in [-0.25, -0.2) is 0 Å². The maximum atomic E-state index is 13.3. The van der Waals surface area contributed by atoms with Gasteiger partial charge in [-0.05, 0) is 67.4 Å². The number of benzene rings is 3. The highest BCUT2D eigenvalue weighted by molar-refractivity contribution is 6.51. The van der Waals surface area contributed by atoms with Crippen LogP contribution in [0, 0.1) is 0 Å². The van der Waals surface area contributed by atoms with E-state index in [0.29, 0.717) is 46.5 Å². The van der Waals surface area contributed by atoms with Crippen LogP contribution < -0.4 is 14.4 Å². The molecule has 37 heavy (non-hydrogen) atoms. The minimum absolute atomic E-state index is 0.00532. The third kappa shape index (κ3) is 5.81. The third-order valence-corrected chi connectivity index (χ3v) is 6.43. The number of Topliss-reactive ketones (excluding diaryl/α,β-unsaturated/α-hetero) is 1. The molecule has 6 nitrogen and oxygen atoms in total. The molecule has 1 heterocycles. The summed E-state index contributed by atoms with van der Waals surface area (Å²) in [5.74, 6) is -0.495. The van der Waals surface area contributed by atoms with Gasteiger partial charge in [0.15, 0.2) is 0 Å². The second-order valence-corrected chi connectivity index (χ2v) is 9.17. The van der Waals surface area contributed by atoms with E-state index in [9.17, 15) is 14.7 Å². The van der Waals surface area contributed by atoms with Crippen molar-refractivity contribution in [3.63, 3.8) is 0 Å². The zero-order valence-electron chi connectivity index (χ0n) is 20.9. The predicted octanol–water partition coefficient (Wildman–Crippen LogP) is 6.93. The fraction of sp³-hybridized carbons (Fsp3) is 0.267. The molecule has 1 aliphatic rings. The zero-order chi connectivity index (χ0) is 26.4. The Morgan fingerprint density at radius 1 is 0.919 bits per heavy atom. The van der Waals surface area contributed by atoms with Crippen molar-refractivity contribution in [1.82, 2.24) is 0 Å². The number of unbranched alkanes of at least 4 members (excludes halogenated alkanes) is 2. The Labute approximate surface area is 222 Å². The highest BCUT2D eigenvalue weighted by Crippen LogP contribution is 2.43. The van der Waals surface area contributed by atoms with Gasteiger partial charge in [0.05, 0.1) is 24.8 Å². The van der Waals surface area contributed by atoms with E-state index >= 15 is 0 Å². The van der Waals surface area contributed by atoms with Gasteiger partial charge in [0.2, 0.25) is 0 Å². The van der Waals surface area contributed by atoms with Gasteiger partial charge in [-0.15, -0.1) is 0 Å². The smallest absolute Gasteiger partial charge is 0.300 e. The van der Waals surface area contributed by atoms with Crippen molar-refractivity contribution in [2.24, 2.45) is 0 Å². The minimum Gasteiger partial charge on any atom is -0.507 e. The summed E-state index contributed by atoms with van der Waals surface area (Å²) in [6, 6.07) is 19.9. The third-order valence-electron chi connectivity index (χ3n) is 6.18.